The minimum Gasteiger partial charge on any atom is -0.394 e. The Morgan fingerprint density at radius 3 is 1.52 bits per heavy atom. The molecule has 0 fully saturated rings. The van der Waals surface area contributed by atoms with Gasteiger partial charge in [0.25, 0.3) is 0 Å². The maximum atomic E-state index is 9.67. The van der Waals surface area contributed by atoms with Gasteiger partial charge < -0.3 is 15.3 Å². The second-order valence-electron chi connectivity index (χ2n) is 6.83. The number of hydrogen-bond acceptors (Lipinski definition) is 3. The molecule has 23 heavy (non-hydrogen) atoms. The molecule has 0 radical (unpaired) electrons. The summed E-state index contributed by atoms with van der Waals surface area (Å²) in [5.74, 6) is 0. The molecule has 0 aromatic rings. The second-order valence-corrected chi connectivity index (χ2v) is 6.83. The Morgan fingerprint density at radius 1 is 0.652 bits per heavy atom. The summed E-state index contributed by atoms with van der Waals surface area (Å²) in [5.41, 5.74) is 0. The Morgan fingerprint density at radius 2 is 1.09 bits per heavy atom. The molecule has 0 amide bonds. The highest BCUT2D eigenvalue weighted by molar-refractivity contribution is 4.65. The number of rotatable bonds is 18. The van der Waals surface area contributed by atoms with E-state index in [9.17, 15) is 10.2 Å². The van der Waals surface area contributed by atoms with Crippen molar-refractivity contribution >= 4 is 0 Å². The normalized spacial score (nSPS) is 13.9. The zero-order valence-corrected chi connectivity index (χ0v) is 15.1. The molecule has 0 aliphatic heterocycles. The van der Waals surface area contributed by atoms with Crippen LogP contribution in [0.2, 0.25) is 0 Å². The van der Waals surface area contributed by atoms with E-state index in [4.69, 9.17) is 5.11 Å². The van der Waals surface area contributed by atoms with Gasteiger partial charge >= 0.3 is 0 Å². The molecule has 0 saturated carbocycles. The highest BCUT2D eigenvalue weighted by Gasteiger charge is 2.10. The molecular formula is C20H40O3. The van der Waals surface area contributed by atoms with Crippen molar-refractivity contribution in [2.24, 2.45) is 0 Å². The smallest absolute Gasteiger partial charge is 0.0795 e. The summed E-state index contributed by atoms with van der Waals surface area (Å²) in [4.78, 5) is 0. The van der Waals surface area contributed by atoms with Gasteiger partial charge in [0, 0.05) is 6.42 Å². The second kappa shape index (κ2) is 18.0. The number of hydrogen-bond donors (Lipinski definition) is 3. The molecule has 0 heterocycles. The van der Waals surface area contributed by atoms with Crippen LogP contribution in [0.3, 0.4) is 0 Å². The predicted molar refractivity (Wildman–Crippen MR) is 98.6 cm³/mol. The SMILES string of the molecule is C=CCCCCCCCCCCCCCC[C@H](O)C[C@H](O)CO. The Labute approximate surface area is 143 Å². The minimum absolute atomic E-state index is 0.258. The van der Waals surface area contributed by atoms with Crippen LogP contribution in [-0.2, 0) is 0 Å². The third kappa shape index (κ3) is 17.8. The van der Waals surface area contributed by atoms with Gasteiger partial charge in [0.2, 0.25) is 0 Å². The maximum Gasteiger partial charge on any atom is 0.0795 e. The predicted octanol–water partition coefficient (Wildman–Crippen LogP) is 4.74. The van der Waals surface area contributed by atoms with E-state index in [-0.39, 0.29) is 6.61 Å². The Balaban J connectivity index is 3.11. The molecule has 0 bridgehead atoms. The number of aliphatic hydroxyl groups excluding tert-OH is 3. The molecule has 138 valence electrons. The van der Waals surface area contributed by atoms with Crippen LogP contribution in [0.4, 0.5) is 0 Å². The van der Waals surface area contributed by atoms with Gasteiger partial charge in [-0.1, -0.05) is 76.7 Å². The van der Waals surface area contributed by atoms with Crippen LogP contribution in [0, 0.1) is 0 Å². The Kier molecular flexibility index (Phi) is 17.7. The van der Waals surface area contributed by atoms with E-state index >= 15 is 0 Å². The summed E-state index contributed by atoms with van der Waals surface area (Å²) >= 11 is 0. The van der Waals surface area contributed by atoms with E-state index in [1.165, 1.54) is 70.6 Å². The maximum absolute atomic E-state index is 9.67. The average Bonchev–Trinajstić information content (AvgIpc) is 2.55. The Hall–Kier alpha value is -0.380. The summed E-state index contributed by atoms with van der Waals surface area (Å²) in [6.07, 6.45) is 18.6. The molecule has 0 unspecified atom stereocenters. The lowest BCUT2D eigenvalue weighted by Gasteiger charge is -2.13. The van der Waals surface area contributed by atoms with Crippen LogP contribution in [0.15, 0.2) is 12.7 Å². The van der Waals surface area contributed by atoms with Crippen LogP contribution in [0.5, 0.6) is 0 Å². The van der Waals surface area contributed by atoms with Crippen molar-refractivity contribution in [3.05, 3.63) is 12.7 Å². The zero-order valence-electron chi connectivity index (χ0n) is 15.1. The highest BCUT2D eigenvalue weighted by Crippen LogP contribution is 2.14. The molecule has 3 heteroatoms. The largest absolute Gasteiger partial charge is 0.394 e. The van der Waals surface area contributed by atoms with Gasteiger partial charge in [-0.2, -0.15) is 0 Å². The van der Waals surface area contributed by atoms with Crippen molar-refractivity contribution < 1.29 is 15.3 Å². The van der Waals surface area contributed by atoms with Crippen molar-refractivity contribution in [1.82, 2.24) is 0 Å². The van der Waals surface area contributed by atoms with Gasteiger partial charge in [-0.15, -0.1) is 6.58 Å². The van der Waals surface area contributed by atoms with Crippen LogP contribution in [0.1, 0.15) is 96.3 Å². The van der Waals surface area contributed by atoms with Crippen molar-refractivity contribution in [3.63, 3.8) is 0 Å². The molecule has 0 aliphatic rings. The first-order valence-electron chi connectivity index (χ1n) is 9.78. The lowest BCUT2D eigenvalue weighted by molar-refractivity contribution is 0.0380. The number of aliphatic hydroxyl groups is 3. The molecule has 3 nitrogen and oxygen atoms in total. The zero-order chi connectivity index (χ0) is 17.2. The molecule has 0 spiro atoms. The third-order valence-electron chi connectivity index (χ3n) is 4.45. The monoisotopic (exact) mass is 328 g/mol. The summed E-state index contributed by atoms with van der Waals surface area (Å²) < 4.78 is 0. The topological polar surface area (TPSA) is 60.7 Å². The van der Waals surface area contributed by atoms with Gasteiger partial charge in [0.1, 0.15) is 0 Å². The molecule has 0 aromatic heterocycles. The van der Waals surface area contributed by atoms with Crippen LogP contribution in [0.25, 0.3) is 0 Å². The van der Waals surface area contributed by atoms with E-state index in [0.29, 0.717) is 6.42 Å². The van der Waals surface area contributed by atoms with Gasteiger partial charge in [0.05, 0.1) is 18.8 Å². The van der Waals surface area contributed by atoms with E-state index in [0.717, 1.165) is 19.3 Å². The van der Waals surface area contributed by atoms with E-state index in [1.54, 1.807) is 0 Å². The average molecular weight is 329 g/mol. The highest BCUT2D eigenvalue weighted by atomic mass is 16.3. The summed E-state index contributed by atoms with van der Waals surface area (Å²) in [7, 11) is 0. The quantitative estimate of drug-likeness (QED) is 0.252. The first-order valence-corrected chi connectivity index (χ1v) is 9.78. The van der Waals surface area contributed by atoms with Crippen LogP contribution >= 0.6 is 0 Å². The number of allylic oxidation sites excluding steroid dienone is 1. The summed E-state index contributed by atoms with van der Waals surface area (Å²) in [6, 6.07) is 0. The van der Waals surface area contributed by atoms with E-state index < -0.39 is 12.2 Å². The lowest BCUT2D eigenvalue weighted by Crippen LogP contribution is -2.20. The van der Waals surface area contributed by atoms with Crippen molar-refractivity contribution in [2.75, 3.05) is 6.61 Å². The Bertz CT molecular complexity index is 243. The van der Waals surface area contributed by atoms with E-state index in [2.05, 4.69) is 6.58 Å². The van der Waals surface area contributed by atoms with Gasteiger partial charge in [-0.3, -0.25) is 0 Å². The molecule has 0 aliphatic carbocycles. The molecule has 0 rings (SSSR count). The first kappa shape index (κ1) is 22.6. The minimum atomic E-state index is -0.771. The summed E-state index contributed by atoms with van der Waals surface area (Å²) in [6.45, 7) is 3.49. The van der Waals surface area contributed by atoms with Crippen LogP contribution in [-0.4, -0.2) is 34.1 Å². The summed E-state index contributed by atoms with van der Waals surface area (Å²) in [5, 5.41) is 27.6. The molecule has 3 N–H and O–H groups in total. The van der Waals surface area contributed by atoms with Gasteiger partial charge in [-0.05, 0) is 19.3 Å². The standard InChI is InChI=1S/C20H40O3/c1-2-3-4-5-6-7-8-9-10-11-12-13-14-15-16-19(22)17-20(23)18-21/h2,19-23H,1,3-18H2/t19-,20-/m0/s1. The fourth-order valence-electron chi connectivity index (χ4n) is 2.94. The molecule has 0 saturated heterocycles. The molecule has 0 aromatic carbocycles. The fourth-order valence-corrected chi connectivity index (χ4v) is 2.94. The lowest BCUT2D eigenvalue weighted by atomic mass is 10.0. The van der Waals surface area contributed by atoms with Gasteiger partial charge in [-0.25, -0.2) is 0 Å². The van der Waals surface area contributed by atoms with Crippen LogP contribution < -0.4 is 0 Å². The van der Waals surface area contributed by atoms with Gasteiger partial charge in [0.15, 0.2) is 0 Å². The van der Waals surface area contributed by atoms with E-state index in [1.807, 2.05) is 6.08 Å². The van der Waals surface area contributed by atoms with Crippen molar-refractivity contribution in [2.45, 2.75) is 109 Å². The van der Waals surface area contributed by atoms with Crippen molar-refractivity contribution in [3.8, 4) is 0 Å². The third-order valence-corrected chi connectivity index (χ3v) is 4.45. The number of unbranched alkanes of at least 4 members (excludes halogenated alkanes) is 12. The molecular weight excluding hydrogens is 288 g/mol. The first-order chi connectivity index (χ1) is 11.2. The van der Waals surface area contributed by atoms with Crippen molar-refractivity contribution in [1.29, 1.82) is 0 Å². The molecule has 2 atom stereocenters. The fraction of sp³-hybridized carbons (Fsp3) is 0.900.